The first-order valence-corrected chi connectivity index (χ1v) is 7.05. The van der Waals surface area contributed by atoms with E-state index in [2.05, 4.69) is 6.92 Å². The maximum absolute atomic E-state index is 5.85. The molecule has 0 aromatic heterocycles. The van der Waals surface area contributed by atoms with Crippen molar-refractivity contribution < 1.29 is 4.74 Å². The van der Waals surface area contributed by atoms with Gasteiger partial charge in [-0.3, -0.25) is 0 Å². The van der Waals surface area contributed by atoms with Gasteiger partial charge in [-0.15, -0.1) is 0 Å². The Bertz CT molecular complexity index is 128. The second kappa shape index (κ2) is 13.0. The summed E-state index contributed by atoms with van der Waals surface area (Å²) in [5, 5.41) is 0. The van der Waals surface area contributed by atoms with Crippen molar-refractivity contribution in [2.24, 2.45) is 5.73 Å². The molecule has 1 unspecified atom stereocenters. The van der Waals surface area contributed by atoms with Crippen molar-refractivity contribution in [1.29, 1.82) is 0 Å². The molecular weight excluding hydrogens is 198 g/mol. The lowest BCUT2D eigenvalue weighted by atomic mass is 10.0. The van der Waals surface area contributed by atoms with Gasteiger partial charge in [-0.2, -0.15) is 0 Å². The Kier molecular flexibility index (Phi) is 12.9. The normalized spacial score (nSPS) is 12.9. The molecule has 0 fully saturated rings. The predicted molar refractivity (Wildman–Crippen MR) is 71.7 cm³/mol. The standard InChI is InChI=1S/C14H31NO/c1-3-4-5-6-7-8-9-10-11-12-14(15)13-16-2/h14H,3-13,15H2,1-2H3. The van der Waals surface area contributed by atoms with Crippen molar-refractivity contribution in [3.05, 3.63) is 0 Å². The summed E-state index contributed by atoms with van der Waals surface area (Å²) in [6, 6.07) is 0.245. The molecule has 16 heavy (non-hydrogen) atoms. The van der Waals surface area contributed by atoms with E-state index in [9.17, 15) is 0 Å². The molecule has 2 N–H and O–H groups in total. The van der Waals surface area contributed by atoms with Crippen molar-refractivity contribution >= 4 is 0 Å². The number of ether oxygens (including phenoxy) is 1. The molecule has 0 aromatic carbocycles. The summed E-state index contributed by atoms with van der Waals surface area (Å²) in [5.74, 6) is 0. The van der Waals surface area contributed by atoms with Crippen LogP contribution in [0, 0.1) is 0 Å². The number of hydrogen-bond donors (Lipinski definition) is 1. The van der Waals surface area contributed by atoms with E-state index in [1.807, 2.05) is 0 Å². The van der Waals surface area contributed by atoms with Crippen LogP contribution in [-0.2, 0) is 4.74 Å². The number of rotatable bonds is 12. The number of nitrogens with two attached hydrogens (primary N) is 1. The Morgan fingerprint density at radius 3 is 1.88 bits per heavy atom. The molecule has 0 aliphatic carbocycles. The van der Waals surface area contributed by atoms with Crippen LogP contribution in [0.4, 0.5) is 0 Å². The van der Waals surface area contributed by atoms with Crippen molar-refractivity contribution in [3.8, 4) is 0 Å². The summed E-state index contributed by atoms with van der Waals surface area (Å²) in [6.45, 7) is 2.97. The molecule has 0 aliphatic heterocycles. The SMILES string of the molecule is CCCCCCCCCCCC(N)COC. The number of methoxy groups -OCH3 is 1. The van der Waals surface area contributed by atoms with Crippen molar-refractivity contribution in [2.75, 3.05) is 13.7 Å². The van der Waals surface area contributed by atoms with Gasteiger partial charge in [-0.25, -0.2) is 0 Å². The Balaban J connectivity index is 2.98. The summed E-state index contributed by atoms with van der Waals surface area (Å²) < 4.78 is 5.01. The lowest BCUT2D eigenvalue weighted by Gasteiger charge is -2.09. The maximum atomic E-state index is 5.85. The molecule has 0 heterocycles. The molecule has 0 rings (SSSR count). The zero-order chi connectivity index (χ0) is 12.1. The minimum atomic E-state index is 0.245. The largest absolute Gasteiger partial charge is 0.383 e. The Hall–Kier alpha value is -0.0800. The summed E-state index contributed by atoms with van der Waals surface area (Å²) in [7, 11) is 1.72. The van der Waals surface area contributed by atoms with E-state index in [-0.39, 0.29) is 6.04 Å². The number of unbranched alkanes of at least 4 members (excludes halogenated alkanes) is 8. The zero-order valence-electron chi connectivity index (χ0n) is 11.3. The lowest BCUT2D eigenvalue weighted by molar-refractivity contribution is 0.176. The molecule has 0 saturated heterocycles. The smallest absolute Gasteiger partial charge is 0.0613 e. The minimum Gasteiger partial charge on any atom is -0.383 e. The van der Waals surface area contributed by atoms with Gasteiger partial charge in [0.1, 0.15) is 0 Å². The molecule has 98 valence electrons. The molecule has 0 saturated carbocycles. The fourth-order valence-corrected chi connectivity index (χ4v) is 2.01. The second-order valence-electron chi connectivity index (χ2n) is 4.83. The van der Waals surface area contributed by atoms with Crippen LogP contribution in [0.25, 0.3) is 0 Å². The fraction of sp³-hybridized carbons (Fsp3) is 1.00. The highest BCUT2D eigenvalue weighted by atomic mass is 16.5. The van der Waals surface area contributed by atoms with E-state index in [4.69, 9.17) is 10.5 Å². The van der Waals surface area contributed by atoms with Crippen LogP contribution in [-0.4, -0.2) is 19.8 Å². The van der Waals surface area contributed by atoms with E-state index in [0.717, 1.165) is 6.42 Å². The minimum absolute atomic E-state index is 0.245. The lowest BCUT2D eigenvalue weighted by Crippen LogP contribution is -2.25. The molecule has 1 atom stereocenters. The summed E-state index contributed by atoms with van der Waals surface area (Å²) in [4.78, 5) is 0. The number of hydrogen-bond acceptors (Lipinski definition) is 2. The molecule has 2 heteroatoms. The highest BCUT2D eigenvalue weighted by Gasteiger charge is 2.00. The molecular formula is C14H31NO. The van der Waals surface area contributed by atoms with E-state index in [1.54, 1.807) is 7.11 Å². The van der Waals surface area contributed by atoms with Gasteiger partial charge >= 0.3 is 0 Å². The maximum Gasteiger partial charge on any atom is 0.0613 e. The van der Waals surface area contributed by atoms with Crippen LogP contribution in [0.1, 0.15) is 71.1 Å². The van der Waals surface area contributed by atoms with Crippen LogP contribution in [0.15, 0.2) is 0 Å². The van der Waals surface area contributed by atoms with Crippen LogP contribution in [0.2, 0.25) is 0 Å². The molecule has 2 nitrogen and oxygen atoms in total. The fourth-order valence-electron chi connectivity index (χ4n) is 2.01. The average Bonchev–Trinajstić information content (AvgIpc) is 2.27. The second-order valence-corrected chi connectivity index (χ2v) is 4.83. The van der Waals surface area contributed by atoms with Gasteiger partial charge in [0.15, 0.2) is 0 Å². The average molecular weight is 229 g/mol. The molecule has 0 amide bonds. The first-order chi connectivity index (χ1) is 7.81. The van der Waals surface area contributed by atoms with Crippen LogP contribution >= 0.6 is 0 Å². The van der Waals surface area contributed by atoms with Crippen molar-refractivity contribution in [2.45, 2.75) is 77.2 Å². The molecule has 0 bridgehead atoms. The van der Waals surface area contributed by atoms with Crippen LogP contribution in [0.5, 0.6) is 0 Å². The predicted octanol–water partition coefficient (Wildman–Crippen LogP) is 3.88. The van der Waals surface area contributed by atoms with Crippen LogP contribution < -0.4 is 5.73 Å². The van der Waals surface area contributed by atoms with Gasteiger partial charge in [-0.05, 0) is 6.42 Å². The van der Waals surface area contributed by atoms with Gasteiger partial charge in [0.05, 0.1) is 6.61 Å². The topological polar surface area (TPSA) is 35.2 Å². The van der Waals surface area contributed by atoms with Gasteiger partial charge in [0, 0.05) is 13.2 Å². The van der Waals surface area contributed by atoms with E-state index in [1.165, 1.54) is 57.8 Å². The monoisotopic (exact) mass is 229 g/mol. The molecule has 0 radical (unpaired) electrons. The zero-order valence-corrected chi connectivity index (χ0v) is 11.3. The Morgan fingerprint density at radius 2 is 1.38 bits per heavy atom. The van der Waals surface area contributed by atoms with Crippen molar-refractivity contribution in [1.82, 2.24) is 0 Å². The van der Waals surface area contributed by atoms with E-state index < -0.39 is 0 Å². The van der Waals surface area contributed by atoms with Gasteiger partial charge in [0.2, 0.25) is 0 Å². The van der Waals surface area contributed by atoms with Gasteiger partial charge in [0.25, 0.3) is 0 Å². The highest BCUT2D eigenvalue weighted by molar-refractivity contribution is 4.59. The molecule has 0 aromatic rings. The summed E-state index contributed by atoms with van der Waals surface area (Å²) in [6.07, 6.45) is 13.5. The van der Waals surface area contributed by atoms with Crippen LogP contribution in [0.3, 0.4) is 0 Å². The van der Waals surface area contributed by atoms with Gasteiger partial charge < -0.3 is 10.5 Å². The Labute approximate surface area is 102 Å². The highest BCUT2D eigenvalue weighted by Crippen LogP contribution is 2.10. The van der Waals surface area contributed by atoms with E-state index in [0.29, 0.717) is 6.61 Å². The molecule has 0 aliphatic rings. The first kappa shape index (κ1) is 15.9. The van der Waals surface area contributed by atoms with Crippen molar-refractivity contribution in [3.63, 3.8) is 0 Å². The van der Waals surface area contributed by atoms with E-state index >= 15 is 0 Å². The summed E-state index contributed by atoms with van der Waals surface area (Å²) in [5.41, 5.74) is 5.85. The van der Waals surface area contributed by atoms with Gasteiger partial charge in [-0.1, -0.05) is 64.7 Å². The summed E-state index contributed by atoms with van der Waals surface area (Å²) >= 11 is 0. The Morgan fingerprint density at radius 1 is 0.875 bits per heavy atom. The molecule has 0 spiro atoms. The third-order valence-corrected chi connectivity index (χ3v) is 3.06. The third-order valence-electron chi connectivity index (χ3n) is 3.06. The first-order valence-electron chi connectivity index (χ1n) is 7.05. The quantitative estimate of drug-likeness (QED) is 0.515. The third kappa shape index (κ3) is 12.0.